The maximum absolute atomic E-state index is 12.7. The first kappa shape index (κ1) is 20.8. The van der Waals surface area contributed by atoms with Gasteiger partial charge in [0.1, 0.15) is 0 Å². The van der Waals surface area contributed by atoms with Gasteiger partial charge in [0.05, 0.1) is 5.56 Å². The van der Waals surface area contributed by atoms with Gasteiger partial charge in [0.15, 0.2) is 0 Å². The van der Waals surface area contributed by atoms with Crippen LogP contribution in [-0.4, -0.2) is 0 Å². The molecule has 0 saturated heterocycles. The highest BCUT2D eigenvalue weighted by atomic mass is 35.5. The average molecular weight is 399 g/mol. The van der Waals surface area contributed by atoms with Crippen LogP contribution in [-0.2, 0) is 6.18 Å². The molecule has 0 radical (unpaired) electrons. The predicted octanol–water partition coefficient (Wildman–Crippen LogP) is 8.32. The lowest BCUT2D eigenvalue weighted by Crippen LogP contribution is -2.17. The molecule has 0 unspecified atom stereocenters. The van der Waals surface area contributed by atoms with Crippen molar-refractivity contribution < 1.29 is 13.2 Å². The second-order valence-corrected chi connectivity index (χ2v) is 8.77. The highest BCUT2D eigenvalue weighted by molar-refractivity contribution is 6.25. The van der Waals surface area contributed by atoms with E-state index in [9.17, 15) is 13.2 Å². The third-order valence-electron chi connectivity index (χ3n) is 6.78. The Morgan fingerprint density at radius 2 is 1.33 bits per heavy atom. The number of alkyl halides is 3. The van der Waals surface area contributed by atoms with Crippen molar-refractivity contribution in [3.8, 4) is 0 Å². The lowest BCUT2D eigenvalue weighted by Gasteiger charge is -2.31. The molecule has 150 valence electrons. The smallest absolute Gasteiger partial charge is 0.166 e. The van der Waals surface area contributed by atoms with Crippen LogP contribution in [0.25, 0.3) is 0 Å². The highest BCUT2D eigenvalue weighted by Crippen LogP contribution is 2.40. The third kappa shape index (κ3) is 6.01. The van der Waals surface area contributed by atoms with E-state index in [4.69, 9.17) is 11.6 Å². The zero-order chi connectivity index (χ0) is 19.3. The van der Waals surface area contributed by atoms with E-state index in [1.807, 2.05) is 0 Å². The van der Waals surface area contributed by atoms with Crippen molar-refractivity contribution in [2.24, 2.45) is 17.8 Å². The molecule has 3 rings (SSSR count). The van der Waals surface area contributed by atoms with Gasteiger partial charge in [0.25, 0.3) is 0 Å². The van der Waals surface area contributed by atoms with Crippen LogP contribution < -0.4 is 0 Å². The van der Waals surface area contributed by atoms with Crippen molar-refractivity contribution in [3.05, 3.63) is 47.0 Å². The van der Waals surface area contributed by atoms with Crippen molar-refractivity contribution in [1.82, 2.24) is 0 Å². The fourth-order valence-electron chi connectivity index (χ4n) is 4.97. The molecular weight excluding hydrogens is 369 g/mol. The normalized spacial score (nSPS) is 29.9. The van der Waals surface area contributed by atoms with Gasteiger partial charge in [-0.2, -0.15) is 13.2 Å². The first-order chi connectivity index (χ1) is 13.0. The largest absolute Gasteiger partial charge is 0.416 e. The van der Waals surface area contributed by atoms with E-state index in [0.717, 1.165) is 30.2 Å². The number of rotatable bonds is 5. The van der Waals surface area contributed by atoms with Crippen LogP contribution in [0.2, 0.25) is 0 Å². The summed E-state index contributed by atoms with van der Waals surface area (Å²) in [5.74, 6) is 2.79. The van der Waals surface area contributed by atoms with Crippen molar-refractivity contribution in [1.29, 1.82) is 0 Å². The Hall–Kier alpha value is -0.960. The van der Waals surface area contributed by atoms with Gasteiger partial charge in [-0.15, -0.1) is 0 Å². The molecule has 2 saturated carbocycles. The Morgan fingerprint density at radius 1 is 0.815 bits per heavy atom. The molecule has 1 aromatic carbocycles. The zero-order valence-corrected chi connectivity index (χ0v) is 16.6. The monoisotopic (exact) mass is 398 g/mol. The molecule has 4 heteroatoms. The average Bonchev–Trinajstić information content (AvgIpc) is 2.68. The van der Waals surface area contributed by atoms with Gasteiger partial charge in [0.2, 0.25) is 0 Å². The van der Waals surface area contributed by atoms with E-state index < -0.39 is 11.7 Å². The van der Waals surface area contributed by atoms with Crippen LogP contribution in [0.4, 0.5) is 13.2 Å². The number of benzene rings is 1. The maximum Gasteiger partial charge on any atom is 0.416 e. The molecule has 0 heterocycles. The van der Waals surface area contributed by atoms with E-state index >= 15 is 0 Å². The van der Waals surface area contributed by atoms with Crippen LogP contribution >= 0.6 is 11.6 Å². The van der Waals surface area contributed by atoms with Gasteiger partial charge in [0, 0.05) is 5.54 Å². The molecule has 1 aromatic rings. The van der Waals surface area contributed by atoms with Crippen LogP contribution in [0.15, 0.2) is 35.9 Å². The summed E-state index contributed by atoms with van der Waals surface area (Å²) in [6, 6.07) is 5.83. The minimum atomic E-state index is -4.24. The molecule has 0 spiro atoms. The van der Waals surface area contributed by atoms with Gasteiger partial charge < -0.3 is 0 Å². The maximum atomic E-state index is 12.7. The fraction of sp³-hybridized carbons (Fsp3) is 0.652. The van der Waals surface area contributed by atoms with Crippen molar-refractivity contribution in [3.63, 3.8) is 0 Å². The standard InChI is InChI=1S/C23H30ClF3/c24-16-15-19-5-3-17(4-6-19)1-2-18-7-9-20(10-8-18)21-11-13-22(14-12-21)23(25,26)27/h11-20H,1-10H2/b16-15+. The van der Waals surface area contributed by atoms with Gasteiger partial charge in [-0.05, 0) is 92.7 Å². The fourth-order valence-corrected chi connectivity index (χ4v) is 5.18. The molecule has 0 aliphatic heterocycles. The van der Waals surface area contributed by atoms with Gasteiger partial charge in [-0.25, -0.2) is 0 Å². The minimum Gasteiger partial charge on any atom is -0.166 e. The van der Waals surface area contributed by atoms with E-state index in [-0.39, 0.29) is 0 Å². The van der Waals surface area contributed by atoms with Gasteiger partial charge in [-0.1, -0.05) is 42.7 Å². The van der Waals surface area contributed by atoms with E-state index in [1.165, 1.54) is 63.5 Å². The van der Waals surface area contributed by atoms with Crippen molar-refractivity contribution >= 4 is 11.6 Å². The Bertz CT molecular complexity index is 589. The summed E-state index contributed by atoms with van der Waals surface area (Å²) < 4.78 is 38.1. The van der Waals surface area contributed by atoms with Gasteiger partial charge >= 0.3 is 6.18 Å². The van der Waals surface area contributed by atoms with E-state index in [1.54, 1.807) is 17.7 Å². The molecule has 2 fully saturated rings. The number of hydrogen-bond donors (Lipinski definition) is 0. The van der Waals surface area contributed by atoms with E-state index in [0.29, 0.717) is 11.8 Å². The Morgan fingerprint density at radius 3 is 1.81 bits per heavy atom. The Balaban J connectivity index is 1.39. The van der Waals surface area contributed by atoms with Gasteiger partial charge in [-0.3, -0.25) is 0 Å². The lowest BCUT2D eigenvalue weighted by molar-refractivity contribution is -0.137. The summed E-state index contributed by atoms with van der Waals surface area (Å²) in [6.07, 6.45) is 10.4. The first-order valence-electron chi connectivity index (χ1n) is 10.4. The summed E-state index contributed by atoms with van der Waals surface area (Å²) in [4.78, 5) is 0. The quantitative estimate of drug-likeness (QED) is 0.467. The molecule has 0 N–H and O–H groups in total. The van der Waals surface area contributed by atoms with Crippen LogP contribution in [0.5, 0.6) is 0 Å². The number of halogens is 4. The molecule has 2 aliphatic rings. The summed E-state index contributed by atoms with van der Waals surface area (Å²) >= 11 is 5.69. The summed E-state index contributed by atoms with van der Waals surface area (Å²) in [7, 11) is 0. The summed E-state index contributed by atoms with van der Waals surface area (Å²) in [5, 5.41) is 0. The SMILES string of the molecule is FC(F)(F)c1ccc(C2CCC(CCC3CCC(/C=C/Cl)CC3)CC2)cc1. The van der Waals surface area contributed by atoms with Crippen LogP contribution in [0.3, 0.4) is 0 Å². The molecule has 0 amide bonds. The molecule has 0 bridgehead atoms. The second kappa shape index (κ2) is 9.49. The predicted molar refractivity (Wildman–Crippen MR) is 106 cm³/mol. The van der Waals surface area contributed by atoms with Crippen molar-refractivity contribution in [2.75, 3.05) is 0 Å². The zero-order valence-electron chi connectivity index (χ0n) is 15.9. The van der Waals surface area contributed by atoms with Crippen LogP contribution in [0, 0.1) is 17.8 Å². The molecule has 27 heavy (non-hydrogen) atoms. The van der Waals surface area contributed by atoms with Crippen LogP contribution in [0.1, 0.15) is 81.3 Å². The Labute approximate surface area is 166 Å². The summed E-state index contributed by atoms with van der Waals surface area (Å²) in [6.45, 7) is 0. The summed E-state index contributed by atoms with van der Waals surface area (Å²) in [5.41, 5.74) is 2.20. The first-order valence-corrected chi connectivity index (χ1v) is 10.8. The van der Waals surface area contributed by atoms with Crippen molar-refractivity contribution in [2.45, 2.75) is 76.3 Å². The second-order valence-electron chi connectivity index (χ2n) is 8.51. The molecule has 0 aromatic heterocycles. The third-order valence-corrected chi connectivity index (χ3v) is 6.92. The molecule has 2 aliphatic carbocycles. The highest BCUT2D eigenvalue weighted by Gasteiger charge is 2.31. The minimum absolute atomic E-state index is 0.432. The lowest BCUT2D eigenvalue weighted by atomic mass is 9.74. The number of allylic oxidation sites excluding steroid dienone is 1. The topological polar surface area (TPSA) is 0 Å². The molecular formula is C23H30ClF3. The van der Waals surface area contributed by atoms with E-state index in [2.05, 4.69) is 6.08 Å². The molecule has 0 nitrogen and oxygen atoms in total. The molecule has 0 atom stereocenters. The Kier molecular flexibility index (Phi) is 7.30. The number of hydrogen-bond acceptors (Lipinski definition) is 0.